The molecule has 1 fully saturated rings. The molecule has 1 aliphatic carbocycles. The molecule has 142 valence electrons. The van der Waals surface area contributed by atoms with Crippen LogP contribution in [0.2, 0.25) is 0 Å². The Hall–Kier alpha value is -0.890. The number of nitrogens with zero attached hydrogens (tertiary/aromatic N) is 2. The van der Waals surface area contributed by atoms with Crippen LogP contribution in [0.15, 0.2) is 23.2 Å². The monoisotopic (exact) mass is 460 g/mol. The van der Waals surface area contributed by atoms with Crippen LogP contribution in [0.3, 0.4) is 0 Å². The van der Waals surface area contributed by atoms with Crippen molar-refractivity contribution in [2.75, 3.05) is 26.8 Å². The van der Waals surface area contributed by atoms with Gasteiger partial charge in [0.1, 0.15) is 0 Å². The van der Waals surface area contributed by atoms with Gasteiger partial charge in [0.05, 0.1) is 12.2 Å². The molecule has 1 aromatic heterocycles. The Morgan fingerprint density at radius 3 is 2.68 bits per heavy atom. The van der Waals surface area contributed by atoms with E-state index in [0.29, 0.717) is 12.0 Å². The zero-order valence-electron chi connectivity index (χ0n) is 15.8. The van der Waals surface area contributed by atoms with Gasteiger partial charge in [-0.1, -0.05) is 18.9 Å². The van der Waals surface area contributed by atoms with E-state index >= 15 is 0 Å². The van der Waals surface area contributed by atoms with E-state index in [1.54, 1.807) is 7.11 Å². The molecule has 0 atom stereocenters. The predicted molar refractivity (Wildman–Crippen MR) is 115 cm³/mol. The van der Waals surface area contributed by atoms with E-state index in [0.717, 1.165) is 43.5 Å². The predicted octanol–water partition coefficient (Wildman–Crippen LogP) is 3.66. The molecule has 0 amide bonds. The molecule has 1 aromatic rings. The molecule has 1 saturated carbocycles. The van der Waals surface area contributed by atoms with Crippen LogP contribution in [0.4, 0.5) is 0 Å². The fourth-order valence-corrected chi connectivity index (χ4v) is 3.42. The minimum Gasteiger partial charge on any atom is -0.385 e. The lowest BCUT2D eigenvalue weighted by molar-refractivity contribution is 0.138. The van der Waals surface area contributed by atoms with Crippen LogP contribution in [-0.4, -0.2) is 37.7 Å². The number of nitrogens with one attached hydrogen (secondary N) is 2. The van der Waals surface area contributed by atoms with E-state index in [-0.39, 0.29) is 24.0 Å². The Balaban J connectivity index is 0.00000312. The van der Waals surface area contributed by atoms with Crippen molar-refractivity contribution in [3.8, 4) is 0 Å². The lowest BCUT2D eigenvalue weighted by atomic mass is 9.83. The Labute approximate surface area is 169 Å². The summed E-state index contributed by atoms with van der Waals surface area (Å²) >= 11 is 0. The number of ether oxygens (including phenoxy) is 1. The van der Waals surface area contributed by atoms with Gasteiger partial charge in [0, 0.05) is 32.5 Å². The molecule has 0 radical (unpaired) electrons. The average Bonchev–Trinajstić information content (AvgIpc) is 3.05. The SMILES string of the molecule is CCNC(=NCc1cccc(C)n1)NCC1(CCOC)CCCC1.I. The molecular weight excluding hydrogens is 427 g/mol. The van der Waals surface area contributed by atoms with Crippen molar-refractivity contribution in [2.24, 2.45) is 10.4 Å². The van der Waals surface area contributed by atoms with Gasteiger partial charge in [-0.25, -0.2) is 4.99 Å². The van der Waals surface area contributed by atoms with Crippen LogP contribution in [0.25, 0.3) is 0 Å². The topological polar surface area (TPSA) is 58.5 Å². The van der Waals surface area contributed by atoms with Gasteiger partial charge < -0.3 is 15.4 Å². The zero-order valence-corrected chi connectivity index (χ0v) is 18.1. The summed E-state index contributed by atoms with van der Waals surface area (Å²) in [5.41, 5.74) is 2.39. The van der Waals surface area contributed by atoms with Gasteiger partial charge in [-0.15, -0.1) is 24.0 Å². The van der Waals surface area contributed by atoms with Crippen molar-refractivity contribution in [1.29, 1.82) is 0 Å². The zero-order chi connectivity index (χ0) is 17.3. The first-order valence-electron chi connectivity index (χ1n) is 9.11. The summed E-state index contributed by atoms with van der Waals surface area (Å²) in [5, 5.41) is 6.90. The van der Waals surface area contributed by atoms with Gasteiger partial charge in [-0.2, -0.15) is 0 Å². The van der Waals surface area contributed by atoms with Gasteiger partial charge in [-0.3, -0.25) is 4.98 Å². The van der Waals surface area contributed by atoms with Crippen molar-refractivity contribution in [3.63, 3.8) is 0 Å². The summed E-state index contributed by atoms with van der Waals surface area (Å²) in [4.78, 5) is 9.22. The Morgan fingerprint density at radius 1 is 1.28 bits per heavy atom. The summed E-state index contributed by atoms with van der Waals surface area (Å²) in [7, 11) is 1.79. The smallest absolute Gasteiger partial charge is 0.191 e. The molecule has 0 aromatic carbocycles. The number of guanidine groups is 1. The number of halogens is 1. The highest BCUT2D eigenvalue weighted by atomic mass is 127. The molecular formula is C19H33IN4O. The van der Waals surface area contributed by atoms with Gasteiger partial charge in [0.25, 0.3) is 0 Å². The molecule has 0 saturated heterocycles. The molecule has 2 N–H and O–H groups in total. The lowest BCUT2D eigenvalue weighted by Crippen LogP contribution is -2.43. The minimum atomic E-state index is 0. The van der Waals surface area contributed by atoms with Crippen LogP contribution in [-0.2, 0) is 11.3 Å². The quantitative estimate of drug-likeness (QED) is 0.353. The number of methoxy groups -OCH3 is 1. The first-order valence-corrected chi connectivity index (χ1v) is 9.11. The van der Waals surface area contributed by atoms with E-state index in [9.17, 15) is 0 Å². The number of aliphatic imine (C=N–C) groups is 1. The second-order valence-corrected chi connectivity index (χ2v) is 6.77. The van der Waals surface area contributed by atoms with E-state index < -0.39 is 0 Å². The highest BCUT2D eigenvalue weighted by Gasteiger charge is 2.33. The summed E-state index contributed by atoms with van der Waals surface area (Å²) < 4.78 is 5.32. The standard InChI is InChI=1S/C19H32N4O.HI/c1-4-20-18(21-14-17-9-7-8-16(2)23-17)22-15-19(12-13-24-3)10-5-6-11-19;/h7-9H,4-6,10-15H2,1-3H3,(H2,20,21,22);1H. The van der Waals surface area contributed by atoms with Crippen molar-refractivity contribution in [1.82, 2.24) is 15.6 Å². The maximum atomic E-state index is 5.32. The third kappa shape index (κ3) is 7.48. The molecule has 0 spiro atoms. The maximum Gasteiger partial charge on any atom is 0.191 e. The third-order valence-corrected chi connectivity index (χ3v) is 4.82. The molecule has 1 heterocycles. The number of aryl methyl sites for hydroxylation is 1. The molecule has 0 unspecified atom stereocenters. The number of hydrogen-bond donors (Lipinski definition) is 2. The molecule has 1 aliphatic rings. The van der Waals surface area contributed by atoms with Gasteiger partial charge in [-0.05, 0) is 50.7 Å². The fraction of sp³-hybridized carbons (Fsp3) is 0.684. The summed E-state index contributed by atoms with van der Waals surface area (Å²) in [6.07, 6.45) is 6.33. The molecule has 6 heteroatoms. The summed E-state index contributed by atoms with van der Waals surface area (Å²) in [6, 6.07) is 6.07. The normalized spacial score (nSPS) is 16.4. The van der Waals surface area contributed by atoms with E-state index in [1.165, 1.54) is 25.7 Å². The van der Waals surface area contributed by atoms with Gasteiger partial charge in [0.2, 0.25) is 0 Å². The van der Waals surface area contributed by atoms with Crippen molar-refractivity contribution in [3.05, 3.63) is 29.6 Å². The van der Waals surface area contributed by atoms with E-state index in [4.69, 9.17) is 9.73 Å². The molecule has 0 aliphatic heterocycles. The largest absolute Gasteiger partial charge is 0.385 e. The van der Waals surface area contributed by atoms with E-state index in [1.807, 2.05) is 25.1 Å². The third-order valence-electron chi connectivity index (χ3n) is 4.82. The van der Waals surface area contributed by atoms with Crippen molar-refractivity contribution in [2.45, 2.75) is 52.5 Å². The van der Waals surface area contributed by atoms with Crippen LogP contribution in [0, 0.1) is 12.3 Å². The van der Waals surface area contributed by atoms with E-state index in [2.05, 4.69) is 22.5 Å². The van der Waals surface area contributed by atoms with Crippen molar-refractivity contribution >= 4 is 29.9 Å². The lowest BCUT2D eigenvalue weighted by Gasteiger charge is -2.30. The Morgan fingerprint density at radius 2 is 2.04 bits per heavy atom. The maximum absolute atomic E-state index is 5.32. The second-order valence-electron chi connectivity index (χ2n) is 6.77. The van der Waals surface area contributed by atoms with Crippen LogP contribution in [0.1, 0.15) is 50.4 Å². The van der Waals surface area contributed by atoms with Crippen molar-refractivity contribution < 1.29 is 4.74 Å². The minimum absolute atomic E-state index is 0. The number of hydrogen-bond acceptors (Lipinski definition) is 3. The molecule has 25 heavy (non-hydrogen) atoms. The summed E-state index contributed by atoms with van der Waals surface area (Å²) in [5.74, 6) is 0.879. The number of aromatic nitrogens is 1. The first kappa shape index (κ1) is 22.2. The van der Waals surface area contributed by atoms with Crippen LogP contribution in [0.5, 0.6) is 0 Å². The molecule has 0 bridgehead atoms. The number of pyridine rings is 1. The highest BCUT2D eigenvalue weighted by Crippen LogP contribution is 2.40. The Bertz CT molecular complexity index is 530. The first-order chi connectivity index (χ1) is 11.7. The second kappa shape index (κ2) is 11.7. The Kier molecular flexibility index (Phi) is 10.3. The van der Waals surface area contributed by atoms with Gasteiger partial charge in [0.15, 0.2) is 5.96 Å². The summed E-state index contributed by atoms with van der Waals surface area (Å²) in [6.45, 7) is 7.36. The molecule has 2 rings (SSSR count). The van der Waals surface area contributed by atoms with Crippen LogP contribution < -0.4 is 10.6 Å². The average molecular weight is 460 g/mol. The highest BCUT2D eigenvalue weighted by molar-refractivity contribution is 14.0. The van der Waals surface area contributed by atoms with Gasteiger partial charge >= 0.3 is 0 Å². The fourth-order valence-electron chi connectivity index (χ4n) is 3.42. The number of rotatable bonds is 8. The van der Waals surface area contributed by atoms with Crippen LogP contribution >= 0.6 is 24.0 Å². The molecule has 5 nitrogen and oxygen atoms in total.